The largest absolute Gasteiger partial charge is 0.338 e. The molecule has 1 aliphatic rings. The third-order valence-corrected chi connectivity index (χ3v) is 4.13. The van der Waals surface area contributed by atoms with Gasteiger partial charge in [0.25, 0.3) is 5.91 Å². The van der Waals surface area contributed by atoms with E-state index in [0.29, 0.717) is 12.5 Å². The number of aryl methyl sites for hydroxylation is 1. The molecule has 1 atom stereocenters. The van der Waals surface area contributed by atoms with E-state index in [-0.39, 0.29) is 18.3 Å². The minimum Gasteiger partial charge on any atom is -0.338 e. The third kappa shape index (κ3) is 4.47. The van der Waals surface area contributed by atoms with Gasteiger partial charge in [0.15, 0.2) is 0 Å². The Morgan fingerprint density at radius 3 is 2.85 bits per heavy atom. The third-order valence-electron chi connectivity index (χ3n) is 3.67. The van der Waals surface area contributed by atoms with E-state index in [1.807, 2.05) is 30.0 Å². The van der Waals surface area contributed by atoms with Crippen LogP contribution in [-0.4, -0.2) is 30.4 Å². The quantitative estimate of drug-likeness (QED) is 0.897. The summed E-state index contributed by atoms with van der Waals surface area (Å²) in [6, 6.07) is 5.88. The molecule has 2 N–H and O–H groups in total. The maximum atomic E-state index is 12.5. The number of carbonyl (C=O) groups excluding carboxylic acids is 1. The van der Waals surface area contributed by atoms with E-state index in [0.717, 1.165) is 41.5 Å². The van der Waals surface area contributed by atoms with E-state index in [1.54, 1.807) is 0 Å². The van der Waals surface area contributed by atoms with Crippen LogP contribution in [0.2, 0.25) is 0 Å². The summed E-state index contributed by atoms with van der Waals surface area (Å²) in [5.74, 6) is 0.710. The van der Waals surface area contributed by atoms with Crippen molar-refractivity contribution >= 4 is 34.2 Å². The van der Waals surface area contributed by atoms with Crippen LogP contribution >= 0.6 is 28.3 Å². The van der Waals surface area contributed by atoms with Crippen molar-refractivity contribution in [1.82, 2.24) is 4.90 Å². The summed E-state index contributed by atoms with van der Waals surface area (Å²) in [6.07, 6.45) is 3.29. The Morgan fingerprint density at radius 2 is 2.20 bits per heavy atom. The van der Waals surface area contributed by atoms with Crippen molar-refractivity contribution in [2.75, 3.05) is 19.6 Å². The number of benzene rings is 1. The second-order valence-electron chi connectivity index (χ2n) is 5.35. The SMILES string of the molecule is Cc1cc(Br)cc(C(=O)N2CCCC(CCN)C2)c1.Cl. The molecule has 1 aromatic rings. The molecule has 5 heteroatoms. The maximum Gasteiger partial charge on any atom is 0.253 e. The van der Waals surface area contributed by atoms with Crippen LogP contribution in [0.1, 0.15) is 35.2 Å². The fourth-order valence-electron chi connectivity index (χ4n) is 2.76. The van der Waals surface area contributed by atoms with Crippen LogP contribution in [0.3, 0.4) is 0 Å². The number of likely N-dealkylation sites (tertiary alicyclic amines) is 1. The summed E-state index contributed by atoms with van der Waals surface area (Å²) in [6.45, 7) is 4.44. The van der Waals surface area contributed by atoms with E-state index in [9.17, 15) is 4.79 Å². The molecular weight excluding hydrogens is 340 g/mol. The van der Waals surface area contributed by atoms with Gasteiger partial charge in [-0.2, -0.15) is 0 Å². The van der Waals surface area contributed by atoms with Gasteiger partial charge < -0.3 is 10.6 Å². The van der Waals surface area contributed by atoms with Gasteiger partial charge >= 0.3 is 0 Å². The van der Waals surface area contributed by atoms with Crippen LogP contribution < -0.4 is 5.73 Å². The lowest BCUT2D eigenvalue weighted by Crippen LogP contribution is -2.40. The molecule has 1 fully saturated rings. The van der Waals surface area contributed by atoms with Gasteiger partial charge in [0.2, 0.25) is 0 Å². The van der Waals surface area contributed by atoms with Crippen LogP contribution in [0.4, 0.5) is 0 Å². The standard InChI is InChI=1S/C15H21BrN2O.ClH/c1-11-7-13(9-14(16)8-11)15(19)18-6-2-3-12(10-18)4-5-17;/h7-9,12H,2-6,10,17H2,1H3;1H. The average Bonchev–Trinajstić information content (AvgIpc) is 2.37. The van der Waals surface area contributed by atoms with Crippen LogP contribution in [-0.2, 0) is 0 Å². The molecule has 1 unspecified atom stereocenters. The number of nitrogens with two attached hydrogens (primary N) is 1. The van der Waals surface area contributed by atoms with E-state index in [2.05, 4.69) is 15.9 Å². The first-order valence-electron chi connectivity index (χ1n) is 6.86. The van der Waals surface area contributed by atoms with Crippen molar-refractivity contribution in [2.45, 2.75) is 26.2 Å². The van der Waals surface area contributed by atoms with Crippen LogP contribution in [0.25, 0.3) is 0 Å². The zero-order chi connectivity index (χ0) is 13.8. The molecule has 0 aromatic heterocycles. The molecule has 0 aliphatic carbocycles. The second-order valence-corrected chi connectivity index (χ2v) is 6.27. The van der Waals surface area contributed by atoms with Crippen molar-refractivity contribution < 1.29 is 4.79 Å². The predicted molar refractivity (Wildman–Crippen MR) is 88.4 cm³/mol. The highest BCUT2D eigenvalue weighted by Gasteiger charge is 2.24. The maximum absolute atomic E-state index is 12.5. The molecule has 1 aromatic carbocycles. The molecule has 0 bridgehead atoms. The summed E-state index contributed by atoms with van der Waals surface area (Å²) in [4.78, 5) is 14.5. The first kappa shape index (κ1) is 17.5. The molecule has 1 amide bonds. The lowest BCUT2D eigenvalue weighted by Gasteiger charge is -2.32. The average molecular weight is 362 g/mol. The van der Waals surface area contributed by atoms with E-state index >= 15 is 0 Å². The van der Waals surface area contributed by atoms with Crippen molar-refractivity contribution in [3.8, 4) is 0 Å². The van der Waals surface area contributed by atoms with Crippen LogP contribution in [0, 0.1) is 12.8 Å². The first-order valence-corrected chi connectivity index (χ1v) is 7.66. The van der Waals surface area contributed by atoms with E-state index in [4.69, 9.17) is 5.73 Å². The van der Waals surface area contributed by atoms with E-state index in [1.165, 1.54) is 6.42 Å². The number of hydrogen-bond acceptors (Lipinski definition) is 2. The first-order chi connectivity index (χ1) is 9.10. The van der Waals surface area contributed by atoms with Gasteiger partial charge in [-0.25, -0.2) is 0 Å². The Kier molecular flexibility index (Phi) is 7.00. The Bertz CT molecular complexity index is 445. The molecular formula is C15H22BrClN2O. The molecule has 1 heterocycles. The number of nitrogens with zero attached hydrogens (tertiary/aromatic N) is 1. The van der Waals surface area contributed by atoms with Crippen molar-refractivity contribution in [3.63, 3.8) is 0 Å². The molecule has 0 radical (unpaired) electrons. The number of piperidine rings is 1. The number of halogens is 2. The summed E-state index contributed by atoms with van der Waals surface area (Å²) >= 11 is 3.45. The Morgan fingerprint density at radius 1 is 1.45 bits per heavy atom. The lowest BCUT2D eigenvalue weighted by molar-refractivity contribution is 0.0669. The van der Waals surface area contributed by atoms with Crippen molar-refractivity contribution in [2.24, 2.45) is 11.7 Å². The van der Waals surface area contributed by atoms with Gasteiger partial charge in [0, 0.05) is 23.1 Å². The fraction of sp³-hybridized carbons (Fsp3) is 0.533. The van der Waals surface area contributed by atoms with E-state index < -0.39 is 0 Å². The minimum absolute atomic E-state index is 0. The van der Waals surface area contributed by atoms with Gasteiger partial charge in [-0.15, -0.1) is 12.4 Å². The molecule has 1 aliphatic heterocycles. The molecule has 112 valence electrons. The number of rotatable bonds is 3. The lowest BCUT2D eigenvalue weighted by atomic mass is 9.94. The summed E-state index contributed by atoms with van der Waals surface area (Å²) in [5, 5.41) is 0. The fourth-order valence-corrected chi connectivity index (χ4v) is 3.37. The number of carbonyl (C=O) groups is 1. The van der Waals surface area contributed by atoms with Crippen molar-refractivity contribution in [3.05, 3.63) is 33.8 Å². The van der Waals surface area contributed by atoms with Gasteiger partial charge in [-0.05, 0) is 62.4 Å². The van der Waals surface area contributed by atoms with Gasteiger partial charge in [0.1, 0.15) is 0 Å². The normalized spacial score (nSPS) is 18.6. The monoisotopic (exact) mass is 360 g/mol. The van der Waals surface area contributed by atoms with Gasteiger partial charge in [-0.1, -0.05) is 15.9 Å². The Balaban J connectivity index is 0.00000200. The minimum atomic E-state index is 0. The molecule has 0 spiro atoms. The molecule has 2 rings (SSSR count). The summed E-state index contributed by atoms with van der Waals surface area (Å²) in [5.41, 5.74) is 7.50. The smallest absolute Gasteiger partial charge is 0.253 e. The summed E-state index contributed by atoms with van der Waals surface area (Å²) < 4.78 is 0.964. The van der Waals surface area contributed by atoms with Gasteiger partial charge in [0.05, 0.1) is 0 Å². The number of hydrogen-bond donors (Lipinski definition) is 1. The highest BCUT2D eigenvalue weighted by Crippen LogP contribution is 2.22. The highest BCUT2D eigenvalue weighted by atomic mass is 79.9. The Hall–Kier alpha value is -0.580. The van der Waals surface area contributed by atoms with Crippen molar-refractivity contribution in [1.29, 1.82) is 0 Å². The summed E-state index contributed by atoms with van der Waals surface area (Å²) in [7, 11) is 0. The highest BCUT2D eigenvalue weighted by molar-refractivity contribution is 9.10. The molecule has 3 nitrogen and oxygen atoms in total. The zero-order valence-corrected chi connectivity index (χ0v) is 14.2. The van der Waals surface area contributed by atoms with Crippen LogP contribution in [0.15, 0.2) is 22.7 Å². The zero-order valence-electron chi connectivity index (χ0n) is 11.8. The van der Waals surface area contributed by atoms with Crippen LogP contribution in [0.5, 0.6) is 0 Å². The predicted octanol–water partition coefficient (Wildman–Crippen LogP) is 3.38. The molecule has 0 saturated carbocycles. The molecule has 20 heavy (non-hydrogen) atoms. The second kappa shape index (κ2) is 8.01. The Labute approximate surface area is 135 Å². The molecule has 1 saturated heterocycles. The topological polar surface area (TPSA) is 46.3 Å². The van der Waals surface area contributed by atoms with Gasteiger partial charge in [-0.3, -0.25) is 4.79 Å². The number of amides is 1.